The molecule has 0 unspecified atom stereocenters. The van der Waals surface area contributed by atoms with Crippen LogP contribution in [-0.2, 0) is 24.4 Å². The molecule has 0 atom stereocenters. The number of amides is 1. The molecule has 136 valence electrons. The van der Waals surface area contributed by atoms with Crippen LogP contribution in [-0.4, -0.2) is 37.4 Å². The van der Waals surface area contributed by atoms with Gasteiger partial charge in [0.2, 0.25) is 5.91 Å². The van der Waals surface area contributed by atoms with Crippen LogP contribution in [0, 0.1) is 13.8 Å². The van der Waals surface area contributed by atoms with E-state index in [9.17, 15) is 4.79 Å². The Labute approximate surface area is 154 Å². The molecule has 0 fully saturated rings. The van der Waals surface area contributed by atoms with E-state index in [0.717, 1.165) is 23.5 Å². The number of carbonyl (C=O) groups excluding carboxylic acids is 1. The third-order valence-corrected chi connectivity index (χ3v) is 4.36. The molecule has 2 heterocycles. The Hall–Kier alpha value is -2.89. The van der Waals surface area contributed by atoms with Crippen molar-refractivity contribution in [3.63, 3.8) is 0 Å². The van der Waals surface area contributed by atoms with Crippen LogP contribution in [0.5, 0.6) is 0 Å². The molecule has 6 nitrogen and oxygen atoms in total. The number of carbonyl (C=O) groups is 1. The summed E-state index contributed by atoms with van der Waals surface area (Å²) in [6.45, 7) is 5.87. The number of benzene rings is 1. The minimum absolute atomic E-state index is 0.105. The zero-order chi connectivity index (χ0) is 18.5. The summed E-state index contributed by atoms with van der Waals surface area (Å²) in [5.74, 6) is 0.105. The maximum absolute atomic E-state index is 12.4. The fraction of sp³-hybridized carbons (Fsp3) is 0.350. The van der Waals surface area contributed by atoms with Gasteiger partial charge in [-0.1, -0.05) is 30.3 Å². The molecule has 0 saturated carbocycles. The summed E-state index contributed by atoms with van der Waals surface area (Å²) in [5.41, 5.74) is 4.30. The summed E-state index contributed by atoms with van der Waals surface area (Å²) >= 11 is 0. The Bertz CT molecular complexity index is 865. The average Bonchev–Trinajstić information content (AvgIpc) is 3.19. The van der Waals surface area contributed by atoms with Gasteiger partial charge < -0.3 is 4.90 Å². The summed E-state index contributed by atoms with van der Waals surface area (Å²) in [4.78, 5) is 14.1. The van der Waals surface area contributed by atoms with Gasteiger partial charge in [0, 0.05) is 44.0 Å². The molecule has 2 aromatic heterocycles. The Morgan fingerprint density at radius 1 is 1.15 bits per heavy atom. The van der Waals surface area contributed by atoms with Crippen molar-refractivity contribution in [2.24, 2.45) is 0 Å². The van der Waals surface area contributed by atoms with Crippen LogP contribution in [0.3, 0.4) is 0 Å². The second-order valence-corrected chi connectivity index (χ2v) is 6.68. The lowest BCUT2D eigenvalue weighted by atomic mass is 10.2. The molecule has 0 spiro atoms. The Morgan fingerprint density at radius 3 is 2.62 bits per heavy atom. The molecular formula is C20H25N5O. The molecule has 3 aromatic rings. The fourth-order valence-corrected chi connectivity index (χ4v) is 3.00. The van der Waals surface area contributed by atoms with E-state index in [1.807, 2.05) is 66.9 Å². The molecule has 0 N–H and O–H groups in total. The van der Waals surface area contributed by atoms with Gasteiger partial charge >= 0.3 is 0 Å². The first-order chi connectivity index (χ1) is 12.5. The highest BCUT2D eigenvalue weighted by atomic mass is 16.2. The highest BCUT2D eigenvalue weighted by Gasteiger charge is 2.12. The van der Waals surface area contributed by atoms with Crippen LogP contribution >= 0.6 is 0 Å². The summed E-state index contributed by atoms with van der Waals surface area (Å²) in [6, 6.07) is 12.2. The maximum atomic E-state index is 12.4. The number of hydrogen-bond acceptors (Lipinski definition) is 3. The van der Waals surface area contributed by atoms with Crippen molar-refractivity contribution in [3.8, 4) is 0 Å². The molecule has 0 radical (unpaired) electrons. The second-order valence-electron chi connectivity index (χ2n) is 6.68. The van der Waals surface area contributed by atoms with Crippen LogP contribution in [0.15, 0.2) is 48.8 Å². The number of aryl methyl sites for hydroxylation is 3. The third-order valence-electron chi connectivity index (χ3n) is 4.36. The van der Waals surface area contributed by atoms with E-state index in [-0.39, 0.29) is 5.91 Å². The summed E-state index contributed by atoms with van der Waals surface area (Å²) < 4.78 is 3.79. The standard InChI is InChI=1S/C20H25N5O/c1-16-11-17(2)25(22-16)10-9-20(26)23(3)13-19-12-21-24(15-19)14-18-7-5-4-6-8-18/h4-8,11-12,15H,9-10,13-14H2,1-3H3. The third kappa shape index (κ3) is 4.59. The van der Waals surface area contributed by atoms with E-state index in [0.29, 0.717) is 19.5 Å². The predicted octanol–water partition coefficient (Wildman–Crippen LogP) is 2.79. The SMILES string of the molecule is Cc1cc(C)n(CCC(=O)N(C)Cc2cnn(Cc3ccccc3)c2)n1. The quantitative estimate of drug-likeness (QED) is 0.658. The van der Waals surface area contributed by atoms with Crippen molar-refractivity contribution in [3.05, 3.63) is 71.3 Å². The molecule has 3 rings (SSSR count). The van der Waals surface area contributed by atoms with Crippen LogP contribution < -0.4 is 0 Å². The first-order valence-electron chi connectivity index (χ1n) is 8.81. The molecule has 0 aliphatic rings. The van der Waals surface area contributed by atoms with Crippen molar-refractivity contribution in [2.45, 2.75) is 39.9 Å². The average molecular weight is 351 g/mol. The van der Waals surface area contributed by atoms with E-state index in [1.165, 1.54) is 5.56 Å². The zero-order valence-corrected chi connectivity index (χ0v) is 15.6. The lowest BCUT2D eigenvalue weighted by Crippen LogP contribution is -2.27. The molecular weight excluding hydrogens is 326 g/mol. The fourth-order valence-electron chi connectivity index (χ4n) is 3.00. The van der Waals surface area contributed by atoms with Crippen molar-refractivity contribution < 1.29 is 4.79 Å². The van der Waals surface area contributed by atoms with Crippen LogP contribution in [0.2, 0.25) is 0 Å². The molecule has 1 amide bonds. The molecule has 0 aliphatic carbocycles. The zero-order valence-electron chi connectivity index (χ0n) is 15.6. The maximum Gasteiger partial charge on any atom is 0.224 e. The number of hydrogen-bond donors (Lipinski definition) is 0. The second kappa shape index (κ2) is 7.99. The van der Waals surface area contributed by atoms with Gasteiger partial charge in [-0.2, -0.15) is 10.2 Å². The van der Waals surface area contributed by atoms with Gasteiger partial charge in [0.15, 0.2) is 0 Å². The van der Waals surface area contributed by atoms with Crippen molar-refractivity contribution in [2.75, 3.05) is 7.05 Å². The highest BCUT2D eigenvalue weighted by molar-refractivity contribution is 5.75. The van der Waals surface area contributed by atoms with Gasteiger partial charge in [-0.05, 0) is 25.5 Å². The molecule has 0 aliphatic heterocycles. The Balaban J connectivity index is 1.52. The first kappa shape index (κ1) is 17.9. The topological polar surface area (TPSA) is 56.0 Å². The number of nitrogens with zero attached hydrogens (tertiary/aromatic N) is 5. The van der Waals surface area contributed by atoms with Crippen molar-refractivity contribution >= 4 is 5.91 Å². The van der Waals surface area contributed by atoms with Crippen LogP contribution in [0.25, 0.3) is 0 Å². The molecule has 1 aromatic carbocycles. The van der Waals surface area contributed by atoms with E-state index in [1.54, 1.807) is 4.90 Å². The highest BCUT2D eigenvalue weighted by Crippen LogP contribution is 2.08. The van der Waals surface area contributed by atoms with Gasteiger partial charge in [0.25, 0.3) is 0 Å². The first-order valence-corrected chi connectivity index (χ1v) is 8.81. The minimum atomic E-state index is 0.105. The molecule has 0 bridgehead atoms. The van der Waals surface area contributed by atoms with Crippen LogP contribution in [0.1, 0.15) is 28.9 Å². The normalized spacial score (nSPS) is 10.9. The molecule has 26 heavy (non-hydrogen) atoms. The smallest absolute Gasteiger partial charge is 0.224 e. The molecule has 0 saturated heterocycles. The van der Waals surface area contributed by atoms with E-state index >= 15 is 0 Å². The van der Waals surface area contributed by atoms with Crippen LogP contribution in [0.4, 0.5) is 0 Å². The van der Waals surface area contributed by atoms with Gasteiger partial charge in [-0.15, -0.1) is 0 Å². The monoisotopic (exact) mass is 351 g/mol. The summed E-state index contributed by atoms with van der Waals surface area (Å²) in [5, 5.41) is 8.80. The molecule has 6 heteroatoms. The van der Waals surface area contributed by atoms with Gasteiger partial charge in [-0.3, -0.25) is 14.2 Å². The number of rotatable bonds is 7. The Kier molecular flexibility index (Phi) is 5.51. The number of aromatic nitrogens is 4. The van der Waals surface area contributed by atoms with Gasteiger partial charge in [0.05, 0.1) is 18.4 Å². The van der Waals surface area contributed by atoms with Gasteiger partial charge in [0.1, 0.15) is 0 Å². The summed E-state index contributed by atoms with van der Waals surface area (Å²) in [7, 11) is 1.83. The van der Waals surface area contributed by atoms with Crippen molar-refractivity contribution in [1.29, 1.82) is 0 Å². The lowest BCUT2D eigenvalue weighted by molar-refractivity contribution is -0.130. The van der Waals surface area contributed by atoms with E-state index in [4.69, 9.17) is 0 Å². The summed E-state index contributed by atoms with van der Waals surface area (Å²) in [6.07, 6.45) is 4.27. The Morgan fingerprint density at radius 2 is 1.92 bits per heavy atom. The predicted molar refractivity (Wildman–Crippen MR) is 101 cm³/mol. The van der Waals surface area contributed by atoms with Gasteiger partial charge in [-0.25, -0.2) is 0 Å². The largest absolute Gasteiger partial charge is 0.341 e. The minimum Gasteiger partial charge on any atom is -0.341 e. The van der Waals surface area contributed by atoms with E-state index in [2.05, 4.69) is 22.3 Å². The van der Waals surface area contributed by atoms with Crippen molar-refractivity contribution in [1.82, 2.24) is 24.5 Å². The van der Waals surface area contributed by atoms with E-state index < -0.39 is 0 Å². The lowest BCUT2D eigenvalue weighted by Gasteiger charge is -2.16.